The third kappa shape index (κ3) is 6.26. The Kier molecular flexibility index (Phi) is 7.35. The molecule has 0 radical (unpaired) electrons. The van der Waals surface area contributed by atoms with Gasteiger partial charge in [0.25, 0.3) is 0 Å². The molecule has 0 unspecified atom stereocenters. The maximum absolute atomic E-state index is 10.1. The maximum atomic E-state index is 10.1. The molecule has 2 heteroatoms. The third-order valence-corrected chi connectivity index (χ3v) is 1.95. The van der Waals surface area contributed by atoms with Gasteiger partial charge < -0.3 is 0 Å². The molecule has 0 aromatic carbocycles. The van der Waals surface area contributed by atoms with Crippen LogP contribution in [0.15, 0.2) is 9.66 Å². The van der Waals surface area contributed by atoms with E-state index in [1.165, 1.54) is 19.3 Å². The van der Waals surface area contributed by atoms with Gasteiger partial charge >= 0.3 is 0 Å². The summed E-state index contributed by atoms with van der Waals surface area (Å²) in [5.41, 5.74) is 0. The molecular formula is C8H13IO. The van der Waals surface area contributed by atoms with Crippen LogP contribution in [0.2, 0.25) is 0 Å². The third-order valence-electron chi connectivity index (χ3n) is 1.26. The predicted octanol–water partition coefficient (Wildman–Crippen LogP) is 3.08. The molecule has 0 heterocycles. The first-order valence-corrected chi connectivity index (χ1v) is 4.70. The minimum absolute atomic E-state index is 0.828. The highest BCUT2D eigenvalue weighted by Crippen LogP contribution is 2.06. The van der Waals surface area contributed by atoms with Crippen LogP contribution >= 0.6 is 22.6 Å². The van der Waals surface area contributed by atoms with Crippen molar-refractivity contribution in [3.63, 3.8) is 0 Å². The number of rotatable bonds is 5. The number of allylic oxidation sites excluding steroid dienone is 2. The van der Waals surface area contributed by atoms with Gasteiger partial charge in [0.2, 0.25) is 0 Å². The highest BCUT2D eigenvalue weighted by Gasteiger charge is 1.86. The van der Waals surface area contributed by atoms with E-state index < -0.39 is 0 Å². The van der Waals surface area contributed by atoms with Gasteiger partial charge in [0.15, 0.2) is 6.29 Å². The first-order valence-electron chi connectivity index (χ1n) is 3.62. The Balaban J connectivity index is 3.24. The molecule has 0 amide bonds. The number of unbranched alkanes of at least 4 members (excludes halogenated alkanes) is 3. The fraction of sp³-hybridized carbons (Fsp3) is 0.625. The summed E-state index contributed by atoms with van der Waals surface area (Å²) in [4.78, 5) is 10.1. The van der Waals surface area contributed by atoms with Crippen LogP contribution in [-0.4, -0.2) is 6.29 Å². The van der Waals surface area contributed by atoms with Gasteiger partial charge in [-0.2, -0.15) is 0 Å². The topological polar surface area (TPSA) is 17.1 Å². The van der Waals surface area contributed by atoms with E-state index in [1.54, 1.807) is 0 Å². The fourth-order valence-electron chi connectivity index (χ4n) is 0.682. The molecular weight excluding hydrogens is 239 g/mol. The quantitative estimate of drug-likeness (QED) is 0.318. The van der Waals surface area contributed by atoms with Gasteiger partial charge in [0.05, 0.1) is 0 Å². The van der Waals surface area contributed by atoms with Gasteiger partial charge in [-0.25, -0.2) is 0 Å². The summed E-state index contributed by atoms with van der Waals surface area (Å²) in [5, 5.41) is 0. The summed E-state index contributed by atoms with van der Waals surface area (Å²) in [7, 11) is 0. The Morgan fingerprint density at radius 1 is 1.50 bits per heavy atom. The van der Waals surface area contributed by atoms with Gasteiger partial charge in [-0.3, -0.25) is 4.79 Å². The predicted molar refractivity (Wildman–Crippen MR) is 52.3 cm³/mol. The second-order valence-electron chi connectivity index (χ2n) is 2.20. The number of carbonyl (C=O) groups excluding carboxylic acids is 1. The molecule has 58 valence electrons. The highest BCUT2D eigenvalue weighted by atomic mass is 127. The summed E-state index contributed by atoms with van der Waals surface area (Å²) in [6.45, 7) is 2.18. The molecule has 0 aromatic rings. The van der Waals surface area contributed by atoms with Crippen LogP contribution in [0.4, 0.5) is 0 Å². The van der Waals surface area contributed by atoms with E-state index in [0.29, 0.717) is 0 Å². The van der Waals surface area contributed by atoms with E-state index >= 15 is 0 Å². The average Bonchev–Trinajstić information content (AvgIpc) is 1.98. The number of hydrogen-bond donors (Lipinski definition) is 0. The molecule has 0 rings (SSSR count). The minimum Gasteiger partial charge on any atom is -0.297 e. The number of carbonyl (C=O) groups is 1. The second kappa shape index (κ2) is 7.25. The van der Waals surface area contributed by atoms with Gasteiger partial charge in [-0.05, 0) is 35.4 Å². The zero-order valence-corrected chi connectivity index (χ0v) is 8.43. The van der Waals surface area contributed by atoms with Crippen molar-refractivity contribution in [1.82, 2.24) is 0 Å². The van der Waals surface area contributed by atoms with Crippen molar-refractivity contribution in [1.29, 1.82) is 0 Å². The zero-order valence-electron chi connectivity index (χ0n) is 6.27. The highest BCUT2D eigenvalue weighted by molar-refractivity contribution is 14.1. The molecule has 0 fully saturated rings. The molecule has 10 heavy (non-hydrogen) atoms. The van der Waals surface area contributed by atoms with Crippen LogP contribution in [0.1, 0.15) is 32.6 Å². The number of halogens is 1. The molecule has 0 saturated carbocycles. The monoisotopic (exact) mass is 252 g/mol. The number of aldehydes is 1. The molecule has 0 aliphatic carbocycles. The molecule has 0 aromatic heterocycles. The zero-order chi connectivity index (χ0) is 7.82. The smallest absolute Gasteiger partial charge is 0.155 e. The van der Waals surface area contributed by atoms with E-state index in [0.717, 1.165) is 16.3 Å². The first-order chi connectivity index (χ1) is 4.81. The Bertz CT molecular complexity index is 118. The average molecular weight is 252 g/mol. The molecule has 0 aliphatic rings. The lowest BCUT2D eigenvalue weighted by Gasteiger charge is -1.90. The van der Waals surface area contributed by atoms with E-state index in [-0.39, 0.29) is 0 Å². The normalized spacial score (nSPS) is 11.6. The molecule has 0 aliphatic heterocycles. The Morgan fingerprint density at radius 3 is 2.70 bits per heavy atom. The summed E-state index contributed by atoms with van der Waals surface area (Å²) in [6.07, 6.45) is 7.64. The van der Waals surface area contributed by atoms with Crippen molar-refractivity contribution >= 4 is 28.9 Å². The lowest BCUT2D eigenvalue weighted by Crippen LogP contribution is -1.74. The van der Waals surface area contributed by atoms with Crippen molar-refractivity contribution in [2.45, 2.75) is 32.6 Å². The van der Waals surface area contributed by atoms with Gasteiger partial charge in [0.1, 0.15) is 0 Å². The lowest BCUT2D eigenvalue weighted by atomic mass is 10.2. The fourth-order valence-corrected chi connectivity index (χ4v) is 0.994. The molecule has 1 nitrogen and oxygen atoms in total. The lowest BCUT2D eigenvalue weighted by molar-refractivity contribution is -0.104. The van der Waals surface area contributed by atoms with Crippen molar-refractivity contribution in [3.8, 4) is 0 Å². The SMILES string of the molecule is CCCCCC=C(I)C=O. The van der Waals surface area contributed by atoms with Crippen LogP contribution in [-0.2, 0) is 4.79 Å². The molecule has 0 N–H and O–H groups in total. The van der Waals surface area contributed by atoms with Gasteiger partial charge in [-0.1, -0.05) is 25.8 Å². The van der Waals surface area contributed by atoms with Crippen LogP contribution in [0, 0.1) is 0 Å². The largest absolute Gasteiger partial charge is 0.297 e. The van der Waals surface area contributed by atoms with Crippen LogP contribution < -0.4 is 0 Å². The minimum atomic E-state index is 0.828. The van der Waals surface area contributed by atoms with E-state index in [1.807, 2.05) is 6.08 Å². The Hall–Kier alpha value is 0.140. The van der Waals surface area contributed by atoms with Crippen molar-refractivity contribution < 1.29 is 4.79 Å². The van der Waals surface area contributed by atoms with E-state index in [2.05, 4.69) is 29.5 Å². The molecule has 0 bridgehead atoms. The van der Waals surface area contributed by atoms with E-state index in [4.69, 9.17) is 0 Å². The molecule has 0 spiro atoms. The van der Waals surface area contributed by atoms with Gasteiger partial charge in [-0.15, -0.1) is 0 Å². The summed E-state index contributed by atoms with van der Waals surface area (Å²) >= 11 is 2.05. The van der Waals surface area contributed by atoms with Crippen LogP contribution in [0.25, 0.3) is 0 Å². The summed E-state index contributed by atoms with van der Waals surface area (Å²) in [6, 6.07) is 0. The standard InChI is InChI=1S/C8H13IO/c1-2-3-4-5-6-8(9)7-10/h6-7H,2-5H2,1H3. The molecule has 0 atom stereocenters. The maximum Gasteiger partial charge on any atom is 0.155 e. The van der Waals surface area contributed by atoms with Crippen molar-refractivity contribution in [3.05, 3.63) is 9.66 Å². The summed E-state index contributed by atoms with van der Waals surface area (Å²) < 4.78 is 0.828. The number of hydrogen-bond acceptors (Lipinski definition) is 1. The first kappa shape index (κ1) is 10.1. The van der Waals surface area contributed by atoms with Crippen LogP contribution in [0.3, 0.4) is 0 Å². The molecule has 0 saturated heterocycles. The van der Waals surface area contributed by atoms with Gasteiger partial charge in [0, 0.05) is 3.58 Å². The van der Waals surface area contributed by atoms with Crippen LogP contribution in [0.5, 0.6) is 0 Å². The van der Waals surface area contributed by atoms with Crippen molar-refractivity contribution in [2.24, 2.45) is 0 Å². The Morgan fingerprint density at radius 2 is 2.20 bits per heavy atom. The Labute approximate surface area is 76.0 Å². The van der Waals surface area contributed by atoms with E-state index in [9.17, 15) is 4.79 Å². The van der Waals surface area contributed by atoms with Crippen molar-refractivity contribution in [2.75, 3.05) is 0 Å². The second-order valence-corrected chi connectivity index (χ2v) is 3.45. The summed E-state index contributed by atoms with van der Waals surface area (Å²) in [5.74, 6) is 0.